The Labute approximate surface area is 83.2 Å². The average Bonchev–Trinajstić information content (AvgIpc) is 2.75. The van der Waals surface area contributed by atoms with E-state index in [0.717, 1.165) is 10.9 Å². The third kappa shape index (κ3) is 1.92. The van der Waals surface area contributed by atoms with Gasteiger partial charge in [-0.15, -0.1) is 11.3 Å². The van der Waals surface area contributed by atoms with Crippen LogP contribution in [0, 0.1) is 0 Å². The molecule has 1 aromatic rings. The standard InChI is InChI=1S/C10H16N2S/c1-7(11)10-12-6-9(13-10)8-4-2-3-5-8/h6-8H,2-5,11H2,1H3. The van der Waals surface area contributed by atoms with Crippen LogP contribution in [-0.2, 0) is 0 Å². The van der Waals surface area contributed by atoms with E-state index < -0.39 is 0 Å². The number of nitrogens with two attached hydrogens (primary N) is 1. The molecule has 0 aromatic carbocycles. The Morgan fingerprint density at radius 1 is 1.54 bits per heavy atom. The molecule has 1 atom stereocenters. The van der Waals surface area contributed by atoms with Gasteiger partial charge in [-0.2, -0.15) is 0 Å². The van der Waals surface area contributed by atoms with Gasteiger partial charge in [0.05, 0.1) is 6.04 Å². The van der Waals surface area contributed by atoms with Crippen LogP contribution in [0.4, 0.5) is 0 Å². The first-order valence-corrected chi connectivity index (χ1v) is 5.80. The van der Waals surface area contributed by atoms with Gasteiger partial charge in [0, 0.05) is 11.1 Å². The van der Waals surface area contributed by atoms with Gasteiger partial charge in [0.15, 0.2) is 0 Å². The lowest BCUT2D eigenvalue weighted by atomic mass is 10.1. The molecule has 0 saturated heterocycles. The van der Waals surface area contributed by atoms with E-state index in [9.17, 15) is 0 Å². The lowest BCUT2D eigenvalue weighted by molar-refractivity contribution is 0.736. The minimum atomic E-state index is 0.0974. The number of hydrogen-bond acceptors (Lipinski definition) is 3. The SMILES string of the molecule is CC(N)c1ncc(C2CCCC2)s1. The van der Waals surface area contributed by atoms with Crippen molar-refractivity contribution in [2.75, 3.05) is 0 Å². The number of hydrogen-bond donors (Lipinski definition) is 1. The molecule has 0 bridgehead atoms. The summed E-state index contributed by atoms with van der Waals surface area (Å²) in [5, 5.41) is 1.09. The van der Waals surface area contributed by atoms with Crippen LogP contribution in [0.25, 0.3) is 0 Å². The van der Waals surface area contributed by atoms with E-state index in [1.807, 2.05) is 13.1 Å². The van der Waals surface area contributed by atoms with Crippen LogP contribution < -0.4 is 5.73 Å². The van der Waals surface area contributed by atoms with Crippen LogP contribution in [0.1, 0.15) is 54.5 Å². The van der Waals surface area contributed by atoms with Crippen molar-refractivity contribution in [3.8, 4) is 0 Å². The van der Waals surface area contributed by atoms with Crippen LogP contribution in [0.2, 0.25) is 0 Å². The second-order valence-electron chi connectivity index (χ2n) is 3.87. The number of nitrogens with zero attached hydrogens (tertiary/aromatic N) is 1. The summed E-state index contributed by atoms with van der Waals surface area (Å²) in [6.45, 7) is 2.00. The summed E-state index contributed by atoms with van der Waals surface area (Å²) in [4.78, 5) is 5.80. The highest BCUT2D eigenvalue weighted by Crippen LogP contribution is 2.37. The van der Waals surface area contributed by atoms with E-state index in [2.05, 4.69) is 4.98 Å². The minimum Gasteiger partial charge on any atom is -0.322 e. The predicted octanol–water partition coefficient (Wildman–Crippen LogP) is 2.82. The second kappa shape index (κ2) is 3.76. The van der Waals surface area contributed by atoms with Gasteiger partial charge in [-0.1, -0.05) is 12.8 Å². The molecule has 0 aliphatic heterocycles. The largest absolute Gasteiger partial charge is 0.322 e. The van der Waals surface area contributed by atoms with Crippen molar-refractivity contribution < 1.29 is 0 Å². The van der Waals surface area contributed by atoms with Gasteiger partial charge in [-0.05, 0) is 25.7 Å². The molecule has 1 aliphatic carbocycles. The van der Waals surface area contributed by atoms with E-state index in [0.29, 0.717) is 0 Å². The average molecular weight is 196 g/mol. The maximum atomic E-state index is 5.77. The highest BCUT2D eigenvalue weighted by Gasteiger charge is 2.19. The Bertz CT molecular complexity index is 274. The van der Waals surface area contributed by atoms with E-state index >= 15 is 0 Å². The first-order valence-electron chi connectivity index (χ1n) is 4.98. The molecule has 1 heterocycles. The van der Waals surface area contributed by atoms with Crippen LogP contribution in [-0.4, -0.2) is 4.98 Å². The predicted molar refractivity (Wildman–Crippen MR) is 55.9 cm³/mol. The molecule has 1 aromatic heterocycles. The zero-order valence-electron chi connectivity index (χ0n) is 7.99. The molecule has 0 radical (unpaired) electrons. The van der Waals surface area contributed by atoms with Crippen LogP contribution in [0.3, 0.4) is 0 Å². The third-order valence-corrected chi connectivity index (χ3v) is 4.05. The van der Waals surface area contributed by atoms with Crippen molar-refractivity contribution in [3.05, 3.63) is 16.1 Å². The zero-order chi connectivity index (χ0) is 9.26. The smallest absolute Gasteiger partial charge is 0.109 e. The molecule has 2 rings (SSSR count). The molecule has 1 aliphatic rings. The fourth-order valence-corrected chi connectivity index (χ4v) is 2.95. The molecule has 2 N–H and O–H groups in total. The number of aromatic nitrogens is 1. The third-order valence-electron chi connectivity index (χ3n) is 2.69. The van der Waals surface area contributed by atoms with E-state index in [-0.39, 0.29) is 6.04 Å². The Hall–Kier alpha value is -0.410. The van der Waals surface area contributed by atoms with Gasteiger partial charge < -0.3 is 5.73 Å². The molecule has 1 fully saturated rings. The molecule has 3 heteroatoms. The lowest BCUT2D eigenvalue weighted by Crippen LogP contribution is -2.03. The molecule has 1 unspecified atom stereocenters. The van der Waals surface area contributed by atoms with Crippen LogP contribution in [0.5, 0.6) is 0 Å². The van der Waals surface area contributed by atoms with E-state index in [1.54, 1.807) is 11.3 Å². The monoisotopic (exact) mass is 196 g/mol. The first kappa shape index (κ1) is 9.16. The minimum absolute atomic E-state index is 0.0974. The van der Waals surface area contributed by atoms with Gasteiger partial charge in [0.25, 0.3) is 0 Å². The Morgan fingerprint density at radius 2 is 2.23 bits per heavy atom. The molecular weight excluding hydrogens is 180 g/mol. The zero-order valence-corrected chi connectivity index (χ0v) is 8.81. The Morgan fingerprint density at radius 3 is 2.77 bits per heavy atom. The summed E-state index contributed by atoms with van der Waals surface area (Å²) in [7, 11) is 0. The maximum Gasteiger partial charge on any atom is 0.109 e. The van der Waals surface area contributed by atoms with Gasteiger partial charge >= 0.3 is 0 Å². The molecule has 2 nitrogen and oxygen atoms in total. The molecule has 1 saturated carbocycles. The quantitative estimate of drug-likeness (QED) is 0.790. The number of thiazole rings is 1. The van der Waals surface area contributed by atoms with Crippen molar-refractivity contribution in [1.29, 1.82) is 0 Å². The van der Waals surface area contributed by atoms with Crippen molar-refractivity contribution in [2.45, 2.75) is 44.6 Å². The normalized spacial score (nSPS) is 20.8. The van der Waals surface area contributed by atoms with Crippen LogP contribution in [0.15, 0.2) is 6.20 Å². The molecule has 0 spiro atoms. The molecule has 72 valence electrons. The molecule has 0 amide bonds. The van der Waals surface area contributed by atoms with Gasteiger partial charge in [0.1, 0.15) is 5.01 Å². The maximum absolute atomic E-state index is 5.77. The summed E-state index contributed by atoms with van der Waals surface area (Å²) >= 11 is 1.80. The van der Waals surface area contributed by atoms with Gasteiger partial charge in [0.2, 0.25) is 0 Å². The second-order valence-corrected chi connectivity index (χ2v) is 4.96. The van der Waals surface area contributed by atoms with Crippen LogP contribution >= 0.6 is 11.3 Å². The summed E-state index contributed by atoms with van der Waals surface area (Å²) in [6, 6.07) is 0.0974. The highest BCUT2D eigenvalue weighted by atomic mass is 32.1. The summed E-state index contributed by atoms with van der Waals surface area (Å²) in [5.41, 5.74) is 5.77. The molecular formula is C10H16N2S. The van der Waals surface area contributed by atoms with Crippen molar-refractivity contribution >= 4 is 11.3 Å². The highest BCUT2D eigenvalue weighted by molar-refractivity contribution is 7.11. The Kier molecular flexibility index (Phi) is 2.65. The van der Waals surface area contributed by atoms with Gasteiger partial charge in [-0.25, -0.2) is 4.98 Å². The van der Waals surface area contributed by atoms with Crippen molar-refractivity contribution in [1.82, 2.24) is 4.98 Å². The first-order chi connectivity index (χ1) is 6.27. The van der Waals surface area contributed by atoms with E-state index in [1.165, 1.54) is 30.6 Å². The fourth-order valence-electron chi connectivity index (χ4n) is 1.91. The summed E-state index contributed by atoms with van der Waals surface area (Å²) < 4.78 is 0. The number of rotatable bonds is 2. The summed E-state index contributed by atoms with van der Waals surface area (Å²) in [5.74, 6) is 0.782. The summed E-state index contributed by atoms with van der Waals surface area (Å²) in [6.07, 6.45) is 7.49. The van der Waals surface area contributed by atoms with Gasteiger partial charge in [-0.3, -0.25) is 0 Å². The topological polar surface area (TPSA) is 38.9 Å². The lowest BCUT2D eigenvalue weighted by Gasteiger charge is -2.03. The Balaban J connectivity index is 2.12. The van der Waals surface area contributed by atoms with E-state index in [4.69, 9.17) is 5.73 Å². The molecule has 13 heavy (non-hydrogen) atoms. The fraction of sp³-hybridized carbons (Fsp3) is 0.700. The van der Waals surface area contributed by atoms with Crippen molar-refractivity contribution in [3.63, 3.8) is 0 Å². The van der Waals surface area contributed by atoms with Crippen molar-refractivity contribution in [2.24, 2.45) is 5.73 Å².